The van der Waals surface area contributed by atoms with Gasteiger partial charge < -0.3 is 9.67 Å². The van der Waals surface area contributed by atoms with E-state index in [0.29, 0.717) is 18.5 Å². The lowest BCUT2D eigenvalue weighted by Crippen LogP contribution is -2.39. The highest BCUT2D eigenvalue weighted by molar-refractivity contribution is 5.99. The van der Waals surface area contributed by atoms with E-state index in [9.17, 15) is 14.7 Å². The Labute approximate surface area is 147 Å². The number of nitrogens with zero attached hydrogens (tertiary/aromatic N) is 2. The van der Waals surface area contributed by atoms with Crippen LogP contribution >= 0.6 is 0 Å². The maximum absolute atomic E-state index is 12.8. The van der Waals surface area contributed by atoms with Crippen molar-refractivity contribution in [2.45, 2.75) is 39.7 Å². The first-order chi connectivity index (χ1) is 11.9. The number of carbonyl (C=O) groups excluding carboxylic acids is 1. The van der Waals surface area contributed by atoms with Gasteiger partial charge in [0, 0.05) is 22.6 Å². The molecule has 3 rings (SSSR count). The highest BCUT2D eigenvalue weighted by atomic mass is 16.4. The predicted molar refractivity (Wildman–Crippen MR) is 96.5 cm³/mol. The maximum Gasteiger partial charge on any atom is 0.320 e. The standard InChI is InChI=1S/C20H24N2O3/c1-13-6-8-16(9-7-13)22-14(2)11-17(15(22)3)19(23)12-21-10-4-5-18(21)20(24)25/h6-9,11,18H,4-5,10,12H2,1-3H3,(H,24,25)/t18-/m1/s1. The average molecular weight is 340 g/mol. The summed E-state index contributed by atoms with van der Waals surface area (Å²) >= 11 is 0. The Morgan fingerprint density at radius 2 is 1.84 bits per heavy atom. The molecule has 1 atom stereocenters. The van der Waals surface area contributed by atoms with E-state index in [0.717, 1.165) is 23.5 Å². The summed E-state index contributed by atoms with van der Waals surface area (Å²) in [5, 5.41) is 9.28. The summed E-state index contributed by atoms with van der Waals surface area (Å²) < 4.78 is 2.07. The zero-order valence-corrected chi connectivity index (χ0v) is 15.0. The molecule has 5 heteroatoms. The van der Waals surface area contributed by atoms with Crippen LogP contribution in [-0.2, 0) is 4.79 Å². The number of hydrogen-bond donors (Lipinski definition) is 1. The van der Waals surface area contributed by atoms with Crippen LogP contribution in [0, 0.1) is 20.8 Å². The third kappa shape index (κ3) is 3.37. The second-order valence-electron chi connectivity index (χ2n) is 6.85. The van der Waals surface area contributed by atoms with Crippen LogP contribution in [0.2, 0.25) is 0 Å². The van der Waals surface area contributed by atoms with E-state index < -0.39 is 12.0 Å². The van der Waals surface area contributed by atoms with Crippen molar-refractivity contribution in [3.63, 3.8) is 0 Å². The lowest BCUT2D eigenvalue weighted by molar-refractivity contribution is -0.141. The number of hydrogen-bond acceptors (Lipinski definition) is 3. The van der Waals surface area contributed by atoms with Crippen LogP contribution in [0.3, 0.4) is 0 Å². The molecule has 0 unspecified atom stereocenters. The summed E-state index contributed by atoms with van der Waals surface area (Å²) in [7, 11) is 0. The number of aromatic nitrogens is 1. The van der Waals surface area contributed by atoms with Crippen molar-refractivity contribution in [2.24, 2.45) is 0 Å². The fourth-order valence-electron chi connectivity index (χ4n) is 3.70. The van der Waals surface area contributed by atoms with E-state index in [2.05, 4.69) is 16.7 Å². The molecule has 1 aliphatic heterocycles. The van der Waals surface area contributed by atoms with Crippen molar-refractivity contribution in [3.05, 3.63) is 52.8 Å². The first-order valence-electron chi connectivity index (χ1n) is 8.64. The average Bonchev–Trinajstić information content (AvgIpc) is 3.13. The topological polar surface area (TPSA) is 62.5 Å². The number of carboxylic acids is 1. The molecule has 0 radical (unpaired) electrons. The second-order valence-corrected chi connectivity index (χ2v) is 6.85. The van der Waals surface area contributed by atoms with E-state index >= 15 is 0 Å². The first-order valence-corrected chi connectivity index (χ1v) is 8.64. The SMILES string of the molecule is Cc1ccc(-n2c(C)cc(C(=O)CN3CCC[C@@H]3C(=O)O)c2C)cc1. The number of aryl methyl sites for hydroxylation is 2. The molecular weight excluding hydrogens is 316 g/mol. The van der Waals surface area contributed by atoms with Gasteiger partial charge >= 0.3 is 5.97 Å². The van der Waals surface area contributed by atoms with Crippen molar-refractivity contribution in [1.29, 1.82) is 0 Å². The number of rotatable bonds is 5. The Hall–Kier alpha value is -2.40. The summed E-state index contributed by atoms with van der Waals surface area (Å²) in [5.41, 5.74) is 4.80. The highest BCUT2D eigenvalue weighted by Crippen LogP contribution is 2.23. The largest absolute Gasteiger partial charge is 0.480 e. The van der Waals surface area contributed by atoms with Crippen LogP contribution < -0.4 is 0 Å². The lowest BCUT2D eigenvalue weighted by Gasteiger charge is -2.20. The van der Waals surface area contributed by atoms with Crippen molar-refractivity contribution in [1.82, 2.24) is 9.47 Å². The van der Waals surface area contributed by atoms with Crippen LogP contribution in [0.25, 0.3) is 5.69 Å². The monoisotopic (exact) mass is 340 g/mol. The second kappa shape index (κ2) is 6.84. The molecule has 132 valence electrons. The van der Waals surface area contributed by atoms with Crippen LogP contribution in [0.5, 0.6) is 0 Å². The smallest absolute Gasteiger partial charge is 0.320 e. The summed E-state index contributed by atoms with van der Waals surface area (Å²) in [6.07, 6.45) is 1.44. The number of Topliss-reactive ketones (excluding diaryl/α,β-unsaturated/α-hetero) is 1. The Bertz CT molecular complexity index is 805. The van der Waals surface area contributed by atoms with E-state index in [-0.39, 0.29) is 12.3 Å². The summed E-state index contributed by atoms with van der Waals surface area (Å²) in [6.45, 7) is 6.80. The molecule has 0 bridgehead atoms. The molecule has 0 spiro atoms. The van der Waals surface area contributed by atoms with Crippen molar-refractivity contribution < 1.29 is 14.7 Å². The van der Waals surface area contributed by atoms with Crippen LogP contribution in [-0.4, -0.2) is 45.5 Å². The quantitative estimate of drug-likeness (QED) is 0.850. The lowest BCUT2D eigenvalue weighted by atomic mass is 10.1. The summed E-state index contributed by atoms with van der Waals surface area (Å²) in [5.74, 6) is -0.852. The fraction of sp³-hybridized carbons (Fsp3) is 0.400. The Kier molecular flexibility index (Phi) is 4.77. The molecule has 1 aliphatic rings. The number of aliphatic carboxylic acids is 1. The van der Waals surface area contributed by atoms with Gasteiger partial charge in [0.05, 0.1) is 6.54 Å². The Morgan fingerprint density at radius 3 is 2.48 bits per heavy atom. The van der Waals surface area contributed by atoms with E-state index in [4.69, 9.17) is 0 Å². The van der Waals surface area contributed by atoms with Crippen molar-refractivity contribution in [2.75, 3.05) is 13.1 Å². The van der Waals surface area contributed by atoms with E-state index in [1.54, 1.807) is 4.90 Å². The van der Waals surface area contributed by atoms with Gasteiger partial charge in [-0.1, -0.05) is 17.7 Å². The van der Waals surface area contributed by atoms with Gasteiger partial charge in [-0.3, -0.25) is 14.5 Å². The molecular formula is C20H24N2O3. The fourth-order valence-corrected chi connectivity index (χ4v) is 3.70. The Balaban J connectivity index is 1.86. The molecule has 0 aliphatic carbocycles. The molecule has 0 amide bonds. The van der Waals surface area contributed by atoms with Crippen LogP contribution in [0.1, 0.15) is 40.2 Å². The van der Waals surface area contributed by atoms with Gasteiger partial charge in [-0.2, -0.15) is 0 Å². The zero-order valence-electron chi connectivity index (χ0n) is 15.0. The predicted octanol–water partition coefficient (Wildman–Crippen LogP) is 3.13. The van der Waals surface area contributed by atoms with Crippen LogP contribution in [0.4, 0.5) is 0 Å². The number of carboxylic acid groups (broad SMARTS) is 1. The Morgan fingerprint density at radius 1 is 1.16 bits per heavy atom. The molecule has 2 aromatic rings. The van der Waals surface area contributed by atoms with Gasteiger partial charge in [-0.05, 0) is 58.4 Å². The summed E-state index contributed by atoms with van der Waals surface area (Å²) in [6, 6.07) is 9.57. The number of carbonyl (C=O) groups is 2. The van der Waals surface area contributed by atoms with Gasteiger partial charge in [0.25, 0.3) is 0 Å². The minimum absolute atomic E-state index is 0.0142. The van der Waals surface area contributed by atoms with Crippen molar-refractivity contribution >= 4 is 11.8 Å². The minimum atomic E-state index is -0.838. The molecule has 1 fully saturated rings. The van der Waals surface area contributed by atoms with Gasteiger partial charge in [0.2, 0.25) is 0 Å². The molecule has 2 heterocycles. The molecule has 1 saturated heterocycles. The zero-order chi connectivity index (χ0) is 18.1. The number of benzene rings is 1. The van der Waals surface area contributed by atoms with Gasteiger partial charge in [-0.15, -0.1) is 0 Å². The van der Waals surface area contributed by atoms with Gasteiger partial charge in [0.15, 0.2) is 5.78 Å². The molecule has 0 saturated carbocycles. The number of likely N-dealkylation sites (tertiary alicyclic amines) is 1. The minimum Gasteiger partial charge on any atom is -0.480 e. The maximum atomic E-state index is 12.8. The van der Waals surface area contributed by atoms with Gasteiger partial charge in [0.1, 0.15) is 6.04 Å². The molecule has 5 nitrogen and oxygen atoms in total. The normalized spacial score (nSPS) is 17.8. The van der Waals surface area contributed by atoms with Gasteiger partial charge in [-0.25, -0.2) is 0 Å². The van der Waals surface area contributed by atoms with Crippen molar-refractivity contribution in [3.8, 4) is 5.69 Å². The van der Waals surface area contributed by atoms with Crippen LogP contribution in [0.15, 0.2) is 30.3 Å². The summed E-state index contributed by atoms with van der Waals surface area (Å²) in [4.78, 5) is 25.9. The molecule has 1 aromatic heterocycles. The van der Waals surface area contributed by atoms with E-state index in [1.165, 1.54) is 5.56 Å². The third-order valence-electron chi connectivity index (χ3n) is 5.02. The molecule has 25 heavy (non-hydrogen) atoms. The third-order valence-corrected chi connectivity index (χ3v) is 5.02. The number of ketones is 1. The molecule has 1 aromatic carbocycles. The highest BCUT2D eigenvalue weighted by Gasteiger charge is 2.32. The van der Waals surface area contributed by atoms with E-state index in [1.807, 2.05) is 39.0 Å². The first kappa shape index (κ1) is 17.4. The molecule has 1 N–H and O–H groups in total.